The first-order chi connectivity index (χ1) is 8.15. The quantitative estimate of drug-likeness (QED) is 0.876. The van der Waals surface area contributed by atoms with E-state index in [-0.39, 0.29) is 17.8 Å². The van der Waals surface area contributed by atoms with Gasteiger partial charge in [0.2, 0.25) is 0 Å². The number of benzene rings is 1. The van der Waals surface area contributed by atoms with Gasteiger partial charge in [0.25, 0.3) is 0 Å². The molecule has 0 aliphatic carbocycles. The SMILES string of the molecule is Cc1cc(F)ccc1CC1(CO)CCOCC1. The van der Waals surface area contributed by atoms with Gasteiger partial charge >= 0.3 is 0 Å². The monoisotopic (exact) mass is 238 g/mol. The van der Waals surface area contributed by atoms with Gasteiger partial charge in [-0.15, -0.1) is 0 Å². The number of halogens is 1. The Hall–Kier alpha value is -0.930. The predicted molar refractivity (Wildman–Crippen MR) is 64.4 cm³/mol. The fraction of sp³-hybridized carbons (Fsp3) is 0.571. The van der Waals surface area contributed by atoms with E-state index >= 15 is 0 Å². The van der Waals surface area contributed by atoms with Crippen molar-refractivity contribution in [3.05, 3.63) is 35.1 Å². The van der Waals surface area contributed by atoms with Crippen LogP contribution in [0.3, 0.4) is 0 Å². The second kappa shape index (κ2) is 5.15. The molecule has 0 aromatic heterocycles. The molecule has 0 spiro atoms. The van der Waals surface area contributed by atoms with Crippen molar-refractivity contribution < 1.29 is 14.2 Å². The number of aryl methyl sites for hydroxylation is 1. The highest BCUT2D eigenvalue weighted by Crippen LogP contribution is 2.34. The van der Waals surface area contributed by atoms with Crippen molar-refractivity contribution in [3.63, 3.8) is 0 Å². The molecule has 1 aromatic carbocycles. The minimum absolute atomic E-state index is 0.0825. The summed E-state index contributed by atoms with van der Waals surface area (Å²) in [4.78, 5) is 0. The summed E-state index contributed by atoms with van der Waals surface area (Å²) in [5.41, 5.74) is 2.01. The molecule has 1 heterocycles. The number of hydrogen-bond donors (Lipinski definition) is 1. The maximum atomic E-state index is 13.0. The summed E-state index contributed by atoms with van der Waals surface area (Å²) in [7, 11) is 0. The first-order valence-corrected chi connectivity index (χ1v) is 6.09. The van der Waals surface area contributed by atoms with E-state index in [4.69, 9.17) is 4.74 Å². The third kappa shape index (κ3) is 2.85. The highest BCUT2D eigenvalue weighted by molar-refractivity contribution is 5.27. The zero-order valence-electron chi connectivity index (χ0n) is 10.2. The fourth-order valence-corrected chi connectivity index (χ4v) is 2.46. The highest BCUT2D eigenvalue weighted by Gasteiger charge is 2.32. The van der Waals surface area contributed by atoms with Crippen LogP contribution in [0.2, 0.25) is 0 Å². The van der Waals surface area contributed by atoms with Crippen LogP contribution < -0.4 is 0 Å². The Morgan fingerprint density at radius 1 is 1.35 bits per heavy atom. The molecule has 0 radical (unpaired) electrons. The summed E-state index contributed by atoms with van der Waals surface area (Å²) >= 11 is 0. The fourth-order valence-electron chi connectivity index (χ4n) is 2.46. The molecule has 0 unspecified atom stereocenters. The van der Waals surface area contributed by atoms with Crippen molar-refractivity contribution in [2.75, 3.05) is 19.8 Å². The Balaban J connectivity index is 2.17. The van der Waals surface area contributed by atoms with Gasteiger partial charge in [0.05, 0.1) is 0 Å². The van der Waals surface area contributed by atoms with Gasteiger partial charge in [0, 0.05) is 25.2 Å². The number of aliphatic hydroxyl groups is 1. The molecule has 17 heavy (non-hydrogen) atoms. The maximum Gasteiger partial charge on any atom is 0.123 e. The average Bonchev–Trinajstić information content (AvgIpc) is 2.34. The van der Waals surface area contributed by atoms with E-state index in [2.05, 4.69) is 0 Å². The van der Waals surface area contributed by atoms with Crippen LogP contribution in [-0.4, -0.2) is 24.9 Å². The summed E-state index contributed by atoms with van der Waals surface area (Å²) in [6, 6.07) is 4.88. The molecule has 0 atom stereocenters. The lowest BCUT2D eigenvalue weighted by Gasteiger charge is -2.36. The van der Waals surface area contributed by atoms with Crippen LogP contribution in [-0.2, 0) is 11.2 Å². The number of aliphatic hydroxyl groups excluding tert-OH is 1. The van der Waals surface area contributed by atoms with Gasteiger partial charge in [-0.05, 0) is 49.4 Å². The number of ether oxygens (including phenoxy) is 1. The zero-order chi connectivity index (χ0) is 12.3. The van der Waals surface area contributed by atoms with E-state index in [1.165, 1.54) is 6.07 Å². The third-order valence-electron chi connectivity index (χ3n) is 3.76. The Morgan fingerprint density at radius 2 is 2.06 bits per heavy atom. The minimum atomic E-state index is -0.198. The molecule has 1 N–H and O–H groups in total. The highest BCUT2D eigenvalue weighted by atomic mass is 19.1. The smallest absolute Gasteiger partial charge is 0.123 e. The average molecular weight is 238 g/mol. The van der Waals surface area contributed by atoms with E-state index < -0.39 is 0 Å². The van der Waals surface area contributed by atoms with Gasteiger partial charge < -0.3 is 9.84 Å². The van der Waals surface area contributed by atoms with E-state index in [0.717, 1.165) is 30.4 Å². The maximum absolute atomic E-state index is 13.0. The standard InChI is InChI=1S/C14H19FO2/c1-11-8-13(15)3-2-12(11)9-14(10-16)4-6-17-7-5-14/h2-3,8,16H,4-7,9-10H2,1H3. The van der Waals surface area contributed by atoms with Gasteiger partial charge in [0.15, 0.2) is 0 Å². The number of rotatable bonds is 3. The van der Waals surface area contributed by atoms with Crippen LogP contribution in [0, 0.1) is 18.2 Å². The second-order valence-corrected chi connectivity index (χ2v) is 5.02. The molecular weight excluding hydrogens is 219 g/mol. The van der Waals surface area contributed by atoms with Crippen molar-refractivity contribution in [3.8, 4) is 0 Å². The van der Waals surface area contributed by atoms with Gasteiger partial charge in [-0.3, -0.25) is 0 Å². The molecule has 1 fully saturated rings. The van der Waals surface area contributed by atoms with Crippen LogP contribution in [0.5, 0.6) is 0 Å². The summed E-state index contributed by atoms with van der Waals surface area (Å²) in [5.74, 6) is -0.198. The molecule has 94 valence electrons. The first-order valence-electron chi connectivity index (χ1n) is 6.09. The lowest BCUT2D eigenvalue weighted by molar-refractivity contribution is -0.0158. The normalized spacial score (nSPS) is 19.2. The largest absolute Gasteiger partial charge is 0.396 e. The molecule has 0 bridgehead atoms. The van der Waals surface area contributed by atoms with E-state index in [1.54, 1.807) is 6.07 Å². The predicted octanol–water partition coefficient (Wildman–Crippen LogP) is 2.47. The van der Waals surface area contributed by atoms with Crippen LogP contribution in [0.25, 0.3) is 0 Å². The van der Waals surface area contributed by atoms with Crippen molar-refractivity contribution in [2.45, 2.75) is 26.2 Å². The molecule has 0 saturated carbocycles. The molecule has 1 aromatic rings. The second-order valence-electron chi connectivity index (χ2n) is 5.02. The van der Waals surface area contributed by atoms with Crippen molar-refractivity contribution >= 4 is 0 Å². The van der Waals surface area contributed by atoms with Crippen LogP contribution in [0.15, 0.2) is 18.2 Å². The lowest BCUT2D eigenvalue weighted by Crippen LogP contribution is -2.35. The number of hydrogen-bond acceptors (Lipinski definition) is 2. The summed E-state index contributed by atoms with van der Waals surface area (Å²) in [6.07, 6.45) is 2.56. The molecule has 1 aliphatic rings. The van der Waals surface area contributed by atoms with Gasteiger partial charge in [-0.1, -0.05) is 6.07 Å². The molecule has 1 aliphatic heterocycles. The molecule has 1 saturated heterocycles. The summed E-state index contributed by atoms with van der Waals surface area (Å²) in [5, 5.41) is 9.62. The molecule has 3 heteroatoms. The Bertz CT molecular complexity index is 384. The molecule has 2 nitrogen and oxygen atoms in total. The molecule has 0 amide bonds. The molecule has 2 rings (SSSR count). The lowest BCUT2D eigenvalue weighted by atomic mass is 9.75. The van der Waals surface area contributed by atoms with Crippen molar-refractivity contribution in [2.24, 2.45) is 5.41 Å². The van der Waals surface area contributed by atoms with E-state index in [1.807, 2.05) is 13.0 Å². The summed E-state index contributed by atoms with van der Waals surface area (Å²) < 4.78 is 18.4. The third-order valence-corrected chi connectivity index (χ3v) is 3.76. The van der Waals surface area contributed by atoms with Crippen LogP contribution in [0.4, 0.5) is 4.39 Å². The summed E-state index contributed by atoms with van der Waals surface area (Å²) in [6.45, 7) is 3.51. The topological polar surface area (TPSA) is 29.5 Å². The molecular formula is C14H19FO2. The minimum Gasteiger partial charge on any atom is -0.396 e. The van der Waals surface area contributed by atoms with E-state index in [0.29, 0.717) is 13.2 Å². The van der Waals surface area contributed by atoms with E-state index in [9.17, 15) is 9.50 Å². The van der Waals surface area contributed by atoms with Gasteiger partial charge in [-0.25, -0.2) is 4.39 Å². The van der Waals surface area contributed by atoms with Crippen LogP contribution in [0.1, 0.15) is 24.0 Å². The Morgan fingerprint density at radius 3 is 2.65 bits per heavy atom. The van der Waals surface area contributed by atoms with Gasteiger partial charge in [-0.2, -0.15) is 0 Å². The Kier molecular flexibility index (Phi) is 3.79. The van der Waals surface area contributed by atoms with Gasteiger partial charge in [0.1, 0.15) is 5.82 Å². The first kappa shape index (κ1) is 12.5. The zero-order valence-corrected chi connectivity index (χ0v) is 10.2. The van der Waals surface area contributed by atoms with Crippen molar-refractivity contribution in [1.82, 2.24) is 0 Å². The van der Waals surface area contributed by atoms with Crippen molar-refractivity contribution in [1.29, 1.82) is 0 Å². The van der Waals surface area contributed by atoms with Crippen LogP contribution >= 0.6 is 0 Å². The Labute approximate surface area is 101 Å².